The first kappa shape index (κ1) is 26.0. The second kappa shape index (κ2) is 11.8. The van der Waals surface area contributed by atoms with Crippen LogP contribution in [0.2, 0.25) is 0 Å². The summed E-state index contributed by atoms with van der Waals surface area (Å²) in [5, 5.41) is 14.3. The summed E-state index contributed by atoms with van der Waals surface area (Å²) in [4.78, 5) is 25.4. The van der Waals surface area contributed by atoms with Crippen LogP contribution < -0.4 is 5.32 Å². The minimum atomic E-state index is -1.12. The third kappa shape index (κ3) is 5.93. The van der Waals surface area contributed by atoms with E-state index in [1.165, 1.54) is 9.45 Å². The summed E-state index contributed by atoms with van der Waals surface area (Å²) in [5.41, 5.74) is 3.62. The third-order valence-electron chi connectivity index (χ3n) is 5.89. The van der Waals surface area contributed by atoms with E-state index < -0.39 is 11.8 Å². The highest BCUT2D eigenvalue weighted by Crippen LogP contribution is 2.33. The molecule has 1 aliphatic heterocycles. The van der Waals surface area contributed by atoms with Crippen molar-refractivity contribution < 1.29 is 22.5 Å². The second-order valence-corrected chi connectivity index (χ2v) is 9.86. The lowest BCUT2D eigenvalue weighted by atomic mass is 9.98. The summed E-state index contributed by atoms with van der Waals surface area (Å²) in [6.45, 7) is 0. The van der Waals surface area contributed by atoms with Gasteiger partial charge in [0.05, 0.1) is 11.9 Å². The number of hydrogen-bond acceptors (Lipinski definition) is 6. The quantitative estimate of drug-likeness (QED) is 0.120. The molecule has 0 atom stereocenters. The summed E-state index contributed by atoms with van der Waals surface area (Å²) in [5.74, 6) is -0.350. The molecule has 1 aliphatic rings. The van der Waals surface area contributed by atoms with Gasteiger partial charge in [-0.3, -0.25) is 4.79 Å². The topological polar surface area (TPSA) is 82.5 Å². The van der Waals surface area contributed by atoms with Crippen molar-refractivity contribution in [1.29, 1.82) is 0 Å². The maximum Gasteiger partial charge on any atom is 0.340 e. The number of furan rings is 1. The number of carboxylic acid groups (broad SMARTS) is 1. The number of ketones is 1. The molecule has 0 unspecified atom stereocenters. The monoisotopic (exact) mass is 550 g/mol. The van der Waals surface area contributed by atoms with Gasteiger partial charge in [0.1, 0.15) is 22.8 Å². The summed E-state index contributed by atoms with van der Waals surface area (Å²) in [7, 11) is 0. The summed E-state index contributed by atoms with van der Waals surface area (Å²) in [6, 6.07) is 28.1. The van der Waals surface area contributed by atoms with Crippen LogP contribution >= 0.6 is 11.9 Å². The fourth-order valence-corrected chi connectivity index (χ4v) is 4.84. The van der Waals surface area contributed by atoms with Gasteiger partial charge in [0.25, 0.3) is 5.78 Å². The van der Waals surface area contributed by atoms with Gasteiger partial charge < -0.3 is 25.7 Å². The van der Waals surface area contributed by atoms with E-state index in [0.717, 1.165) is 28.6 Å². The highest BCUT2D eigenvalue weighted by atomic mass is 32.2. The van der Waals surface area contributed by atoms with Crippen LogP contribution in [0.15, 0.2) is 125 Å². The highest BCUT2D eigenvalue weighted by molar-refractivity contribution is 7.99. The number of amidine groups is 1. The Morgan fingerprint density at radius 1 is 0.897 bits per heavy atom. The van der Waals surface area contributed by atoms with Gasteiger partial charge in [-0.15, -0.1) is 0 Å². The molecule has 5 rings (SSSR count). The van der Waals surface area contributed by atoms with Crippen LogP contribution in [0.25, 0.3) is 28.5 Å². The van der Waals surface area contributed by atoms with Crippen molar-refractivity contribution in [1.82, 2.24) is 0 Å². The number of aromatic carboxylic acids is 1. The fraction of sp³-hybridized carbons (Fsp3) is 0. The molecule has 4 aromatic rings. The number of anilines is 1. The molecule has 192 valence electrons. The average molecular weight is 551 g/mol. The largest absolute Gasteiger partial charge is 0.545 e. The lowest BCUT2D eigenvalue weighted by Crippen LogP contribution is -2.31. The Hall–Kier alpha value is -4.66. The normalized spacial score (nSPS) is 16.3. The number of rotatable bonds is 5. The smallest absolute Gasteiger partial charge is 0.340 e. The van der Waals surface area contributed by atoms with Crippen LogP contribution in [0, 0.1) is 0 Å². The highest BCUT2D eigenvalue weighted by Gasteiger charge is 2.26. The van der Waals surface area contributed by atoms with Crippen molar-refractivity contribution in [2.75, 3.05) is 5.32 Å². The Labute approximate surface area is 235 Å². The number of benzene rings is 3. The Morgan fingerprint density at radius 3 is 2.41 bits per heavy atom. The van der Waals surface area contributed by atoms with E-state index in [-0.39, 0.29) is 17.1 Å². The van der Waals surface area contributed by atoms with Gasteiger partial charge in [0.2, 0.25) is 0 Å². The molecule has 1 aromatic heterocycles. The summed E-state index contributed by atoms with van der Waals surface area (Å²) < 4.78 is 7.44. The molecule has 0 saturated heterocycles. The molecule has 3 aromatic carbocycles. The van der Waals surface area contributed by atoms with Gasteiger partial charge in [-0.25, -0.2) is 10.1 Å². The van der Waals surface area contributed by atoms with E-state index in [4.69, 9.17) is 17.2 Å². The molecule has 0 aliphatic carbocycles. The Balaban J connectivity index is 1.51. The van der Waals surface area contributed by atoms with Crippen LogP contribution in [-0.2, 0) is 17.6 Å². The molecule has 8 heteroatoms. The van der Waals surface area contributed by atoms with Crippen LogP contribution in [0.4, 0.5) is 5.69 Å². The Kier molecular flexibility index (Phi) is 7.86. The van der Waals surface area contributed by atoms with Crippen molar-refractivity contribution >= 4 is 54.1 Å². The van der Waals surface area contributed by atoms with Crippen molar-refractivity contribution in [2.45, 2.75) is 0 Å². The molecule has 39 heavy (non-hydrogen) atoms. The molecular formula is C31H22N2O4S2. The SMILES string of the molecule is O=C1C(=Cc2ccc(-c3ccccc3-c3ccccc3)o2)/C=C/C=C\S[N+]([S-])=C1Nc1ccccc1C(=O)O. The number of carbonyl (C=O) groups excluding carboxylic acids is 1. The lowest BCUT2D eigenvalue weighted by molar-refractivity contribution is -0.135. The molecule has 0 bridgehead atoms. The van der Waals surface area contributed by atoms with Crippen LogP contribution in [0.3, 0.4) is 0 Å². The molecule has 0 radical (unpaired) electrons. The maximum absolute atomic E-state index is 13.7. The number of allylic oxidation sites excluding steroid dienone is 3. The molecule has 0 fully saturated rings. The summed E-state index contributed by atoms with van der Waals surface area (Å²) in [6.07, 6.45) is 6.81. The van der Waals surface area contributed by atoms with Gasteiger partial charge in [0.15, 0.2) is 0 Å². The van der Waals surface area contributed by atoms with Crippen LogP contribution in [0.1, 0.15) is 16.1 Å². The summed E-state index contributed by atoms with van der Waals surface area (Å²) >= 11 is 6.57. The third-order valence-corrected chi connectivity index (χ3v) is 6.99. The molecule has 2 heterocycles. The van der Waals surface area contributed by atoms with Gasteiger partial charge in [0, 0.05) is 16.5 Å². The van der Waals surface area contributed by atoms with E-state index >= 15 is 0 Å². The fourth-order valence-electron chi connectivity index (χ4n) is 4.06. The van der Waals surface area contributed by atoms with Crippen molar-refractivity contribution in [3.63, 3.8) is 0 Å². The van der Waals surface area contributed by atoms with Crippen molar-refractivity contribution in [3.8, 4) is 22.5 Å². The molecule has 0 amide bonds. The van der Waals surface area contributed by atoms with Crippen LogP contribution in [-0.4, -0.2) is 26.1 Å². The second-order valence-electron chi connectivity index (χ2n) is 8.42. The van der Waals surface area contributed by atoms with E-state index in [2.05, 4.69) is 5.32 Å². The Bertz CT molecular complexity index is 1670. The zero-order chi connectivity index (χ0) is 27.2. The number of nitrogens with zero attached hydrogens (tertiary/aromatic N) is 1. The first-order valence-electron chi connectivity index (χ1n) is 12.0. The molecule has 0 spiro atoms. The average Bonchev–Trinajstić information content (AvgIpc) is 3.44. The zero-order valence-electron chi connectivity index (χ0n) is 20.5. The van der Waals surface area contributed by atoms with E-state index in [0.29, 0.717) is 17.1 Å². The number of Topliss-reactive ketones (excluding diaryl/α,β-unsaturated/α-hetero) is 1. The van der Waals surface area contributed by atoms with E-state index in [1.807, 2.05) is 60.7 Å². The van der Waals surface area contributed by atoms with Gasteiger partial charge in [-0.1, -0.05) is 85.0 Å². The van der Waals surface area contributed by atoms with E-state index in [1.54, 1.807) is 54.0 Å². The number of nitrogens with one attached hydrogen (secondary N) is 1. The molecule has 0 saturated carbocycles. The minimum Gasteiger partial charge on any atom is -0.545 e. The van der Waals surface area contributed by atoms with Crippen LogP contribution in [0.5, 0.6) is 0 Å². The number of hydrogen-bond donors (Lipinski definition) is 2. The number of carboxylic acids is 1. The Morgan fingerprint density at radius 2 is 1.62 bits per heavy atom. The van der Waals surface area contributed by atoms with Crippen molar-refractivity contribution in [3.05, 3.63) is 132 Å². The van der Waals surface area contributed by atoms with E-state index in [9.17, 15) is 14.7 Å². The zero-order valence-corrected chi connectivity index (χ0v) is 22.1. The lowest BCUT2D eigenvalue weighted by Gasteiger charge is -2.13. The first-order valence-corrected chi connectivity index (χ1v) is 13.2. The van der Waals surface area contributed by atoms with Gasteiger partial charge in [-0.2, -0.15) is 0 Å². The predicted molar refractivity (Wildman–Crippen MR) is 158 cm³/mol. The predicted octanol–water partition coefficient (Wildman–Crippen LogP) is 6.98. The van der Waals surface area contributed by atoms with Gasteiger partial charge >= 0.3 is 11.8 Å². The molecular weight excluding hydrogens is 528 g/mol. The maximum atomic E-state index is 13.7. The van der Waals surface area contributed by atoms with Crippen molar-refractivity contribution in [2.24, 2.45) is 0 Å². The standard InChI is InChI=1S/C31H22N2O4S2/c34-29-22(12-8-9-19-39-33(38)30(29)32-27-16-7-6-15-26(27)31(35)36)20-23-17-18-28(37-23)25-14-5-4-13-24(25)21-10-2-1-3-11-21/h1-20,32H,(H,35,36)/b12-8+,19-9-,22-20?,33-30?. The molecule has 6 nitrogen and oxygen atoms in total. The minimum absolute atomic E-state index is 0.0236. The van der Waals surface area contributed by atoms with Gasteiger partial charge in [-0.05, 0) is 41.5 Å². The molecule has 2 N–H and O–H groups in total. The number of para-hydroxylation sites is 1. The first-order chi connectivity index (χ1) is 19.0. The number of carbonyl (C=O) groups is 2.